The molecule has 7 aromatic carbocycles. The van der Waals surface area contributed by atoms with Crippen molar-refractivity contribution in [1.29, 1.82) is 5.26 Å². The summed E-state index contributed by atoms with van der Waals surface area (Å²) in [6.07, 6.45) is 0. The van der Waals surface area contributed by atoms with E-state index in [1.54, 1.807) is 0 Å². The molecule has 9 aromatic rings. The van der Waals surface area contributed by atoms with Gasteiger partial charge in [0.05, 0.1) is 46.0 Å². The van der Waals surface area contributed by atoms with E-state index >= 15 is 0 Å². The first kappa shape index (κ1) is 27.4. The number of nitrogens with zero attached hydrogens (tertiary/aromatic N) is 4. The number of fused-ring (bicyclic) bond motifs is 6. The van der Waals surface area contributed by atoms with Crippen LogP contribution in [0.25, 0.3) is 82.1 Å². The molecule has 4 nitrogen and oxygen atoms in total. The molecule has 0 spiro atoms. The summed E-state index contributed by atoms with van der Waals surface area (Å²) in [7, 11) is 0. The Labute approximate surface area is 277 Å². The highest BCUT2D eigenvalue weighted by atomic mass is 15.0. The van der Waals surface area contributed by atoms with Crippen LogP contribution in [-0.2, 0) is 0 Å². The highest BCUT2D eigenvalue weighted by Crippen LogP contribution is 2.44. The Balaban J connectivity index is 1.24. The molecular formula is C44H26N4. The van der Waals surface area contributed by atoms with E-state index in [4.69, 9.17) is 6.57 Å². The second-order valence-corrected chi connectivity index (χ2v) is 11.9. The largest absolute Gasteiger partial charge is 0.309 e. The molecule has 0 fully saturated rings. The van der Waals surface area contributed by atoms with Crippen LogP contribution < -0.4 is 0 Å². The molecule has 9 rings (SSSR count). The molecule has 48 heavy (non-hydrogen) atoms. The van der Waals surface area contributed by atoms with Gasteiger partial charge >= 0.3 is 0 Å². The standard InChI is InChI=1S/C44H26N4/c1-46-38-27-26-31(29-22-24-30(25-23-29)47-39-17-7-2-12-32(39)33-13-3-8-18-40(33)47)37(28-45)44(38)36-16-6-11-21-43(36)48-41-19-9-4-14-34(41)35-15-5-10-20-42(35)48/h2-27H. The van der Waals surface area contributed by atoms with Crippen molar-refractivity contribution in [3.8, 4) is 39.7 Å². The lowest BCUT2D eigenvalue weighted by Crippen LogP contribution is -1.99. The van der Waals surface area contributed by atoms with E-state index in [1.165, 1.54) is 10.8 Å². The summed E-state index contributed by atoms with van der Waals surface area (Å²) in [4.78, 5) is 3.93. The van der Waals surface area contributed by atoms with Gasteiger partial charge in [-0.25, -0.2) is 4.85 Å². The molecule has 0 N–H and O–H groups in total. The van der Waals surface area contributed by atoms with Crippen LogP contribution in [0.5, 0.6) is 0 Å². The summed E-state index contributed by atoms with van der Waals surface area (Å²) in [5, 5.41) is 15.5. The van der Waals surface area contributed by atoms with E-state index in [9.17, 15) is 5.26 Å². The Bertz CT molecular complexity index is 2690. The van der Waals surface area contributed by atoms with Gasteiger partial charge in [-0.3, -0.25) is 0 Å². The lowest BCUT2D eigenvalue weighted by molar-refractivity contribution is 1.18. The van der Waals surface area contributed by atoms with Gasteiger partial charge in [0, 0.05) is 32.8 Å². The summed E-state index contributed by atoms with van der Waals surface area (Å²) in [5.41, 5.74) is 10.6. The molecule has 2 aromatic heterocycles. The number of hydrogen-bond acceptors (Lipinski definition) is 1. The average molecular weight is 611 g/mol. The smallest absolute Gasteiger partial charge is 0.196 e. The van der Waals surface area contributed by atoms with Crippen LogP contribution in [0.3, 0.4) is 0 Å². The first-order valence-electron chi connectivity index (χ1n) is 15.9. The third-order valence-electron chi connectivity index (χ3n) is 9.43. The van der Waals surface area contributed by atoms with Crippen molar-refractivity contribution < 1.29 is 0 Å². The summed E-state index contributed by atoms with van der Waals surface area (Å²) in [6, 6.07) is 56.5. The highest BCUT2D eigenvalue weighted by Gasteiger charge is 2.22. The Hall–Kier alpha value is -6.88. The fourth-order valence-electron chi connectivity index (χ4n) is 7.37. The van der Waals surface area contributed by atoms with Crippen molar-refractivity contribution in [3.63, 3.8) is 0 Å². The fraction of sp³-hybridized carbons (Fsp3) is 0. The molecule has 0 aliphatic heterocycles. The van der Waals surface area contributed by atoms with Crippen LogP contribution >= 0.6 is 0 Å². The molecule has 222 valence electrons. The second-order valence-electron chi connectivity index (χ2n) is 11.9. The van der Waals surface area contributed by atoms with Gasteiger partial charge < -0.3 is 9.13 Å². The number of benzene rings is 7. The lowest BCUT2D eigenvalue weighted by atomic mass is 9.90. The fourth-order valence-corrected chi connectivity index (χ4v) is 7.37. The minimum atomic E-state index is 0.449. The van der Waals surface area contributed by atoms with E-state index < -0.39 is 0 Å². The van der Waals surface area contributed by atoms with Crippen molar-refractivity contribution in [2.24, 2.45) is 0 Å². The molecular weight excluding hydrogens is 585 g/mol. The summed E-state index contributed by atoms with van der Waals surface area (Å²) >= 11 is 0. The van der Waals surface area contributed by atoms with Gasteiger partial charge in [0.25, 0.3) is 0 Å². The third kappa shape index (κ3) is 4.01. The molecule has 4 heteroatoms. The number of hydrogen-bond donors (Lipinski definition) is 0. The van der Waals surface area contributed by atoms with Crippen molar-refractivity contribution in [1.82, 2.24) is 9.13 Å². The van der Waals surface area contributed by atoms with E-state index in [0.717, 1.165) is 60.9 Å². The minimum absolute atomic E-state index is 0.449. The number of para-hydroxylation sites is 5. The van der Waals surface area contributed by atoms with E-state index in [-0.39, 0.29) is 0 Å². The Morgan fingerprint density at radius 2 is 0.958 bits per heavy atom. The van der Waals surface area contributed by atoms with Gasteiger partial charge in [-0.05, 0) is 59.2 Å². The normalized spacial score (nSPS) is 11.3. The number of aromatic nitrogens is 2. The van der Waals surface area contributed by atoms with Crippen LogP contribution in [0.1, 0.15) is 5.56 Å². The van der Waals surface area contributed by atoms with Gasteiger partial charge in [-0.1, -0.05) is 115 Å². The van der Waals surface area contributed by atoms with E-state index in [0.29, 0.717) is 16.8 Å². The molecule has 0 amide bonds. The summed E-state index contributed by atoms with van der Waals surface area (Å²) in [6.45, 7) is 8.13. The van der Waals surface area contributed by atoms with Crippen LogP contribution in [-0.4, -0.2) is 9.13 Å². The van der Waals surface area contributed by atoms with Crippen LogP contribution in [0.4, 0.5) is 5.69 Å². The zero-order chi connectivity index (χ0) is 32.2. The summed E-state index contributed by atoms with van der Waals surface area (Å²) < 4.78 is 4.54. The number of rotatable bonds is 4. The van der Waals surface area contributed by atoms with Gasteiger partial charge in [0.2, 0.25) is 0 Å². The first-order chi connectivity index (χ1) is 23.8. The topological polar surface area (TPSA) is 38.0 Å². The van der Waals surface area contributed by atoms with E-state index in [2.05, 4.69) is 147 Å². The maximum atomic E-state index is 10.8. The molecule has 0 aliphatic carbocycles. The summed E-state index contributed by atoms with van der Waals surface area (Å²) in [5.74, 6) is 0. The molecule has 0 aliphatic rings. The zero-order valence-corrected chi connectivity index (χ0v) is 25.8. The predicted molar refractivity (Wildman–Crippen MR) is 197 cm³/mol. The van der Waals surface area contributed by atoms with Crippen LogP contribution in [0, 0.1) is 17.9 Å². The van der Waals surface area contributed by atoms with Crippen molar-refractivity contribution in [2.75, 3.05) is 0 Å². The molecule has 0 saturated heterocycles. The first-order valence-corrected chi connectivity index (χ1v) is 15.9. The molecule has 2 heterocycles. The number of nitriles is 1. The van der Waals surface area contributed by atoms with Crippen LogP contribution in [0.15, 0.2) is 158 Å². The molecule has 0 bridgehead atoms. The van der Waals surface area contributed by atoms with Gasteiger partial charge in [-0.15, -0.1) is 0 Å². The monoisotopic (exact) mass is 610 g/mol. The second kappa shape index (κ2) is 10.9. The molecule has 0 radical (unpaired) electrons. The Kier molecular flexibility index (Phi) is 6.22. The molecule has 0 saturated carbocycles. The van der Waals surface area contributed by atoms with Crippen molar-refractivity contribution in [3.05, 3.63) is 175 Å². The quantitative estimate of drug-likeness (QED) is 0.183. The SMILES string of the molecule is [C-]#[N+]c1ccc(-c2ccc(-n3c4ccccc4c4ccccc43)cc2)c(C#N)c1-c1ccccc1-n1c2ccccc2c2ccccc21. The zero-order valence-electron chi connectivity index (χ0n) is 25.8. The molecule has 0 unspecified atom stereocenters. The van der Waals surface area contributed by atoms with E-state index in [1.807, 2.05) is 30.3 Å². The maximum Gasteiger partial charge on any atom is 0.196 e. The average Bonchev–Trinajstić information content (AvgIpc) is 3.67. The lowest BCUT2D eigenvalue weighted by Gasteiger charge is -2.18. The van der Waals surface area contributed by atoms with Gasteiger partial charge in [0.1, 0.15) is 0 Å². The third-order valence-corrected chi connectivity index (χ3v) is 9.43. The maximum absolute atomic E-state index is 10.8. The Morgan fingerprint density at radius 3 is 1.48 bits per heavy atom. The highest BCUT2D eigenvalue weighted by molar-refractivity contribution is 6.11. The Morgan fingerprint density at radius 1 is 0.479 bits per heavy atom. The minimum Gasteiger partial charge on any atom is -0.309 e. The predicted octanol–water partition coefficient (Wildman–Crippen LogP) is 11.6. The van der Waals surface area contributed by atoms with Crippen molar-refractivity contribution >= 4 is 49.3 Å². The van der Waals surface area contributed by atoms with Crippen LogP contribution in [0.2, 0.25) is 0 Å². The van der Waals surface area contributed by atoms with Gasteiger partial charge in [0.15, 0.2) is 5.69 Å². The van der Waals surface area contributed by atoms with Gasteiger partial charge in [-0.2, -0.15) is 5.26 Å². The van der Waals surface area contributed by atoms with Crippen molar-refractivity contribution in [2.45, 2.75) is 0 Å². The molecule has 0 atom stereocenters.